The molecule has 1 N–H and O–H groups in total. The number of thioether (sulfide) groups is 1. The van der Waals surface area contributed by atoms with E-state index in [0.717, 1.165) is 5.75 Å². The van der Waals surface area contributed by atoms with Crippen molar-refractivity contribution in [1.29, 1.82) is 0 Å². The van der Waals surface area contributed by atoms with Crippen LogP contribution < -0.4 is 25.1 Å². The summed E-state index contributed by atoms with van der Waals surface area (Å²) in [4.78, 5) is 29.6. The summed E-state index contributed by atoms with van der Waals surface area (Å²) in [5, 5.41) is 3.39. The number of nitrogens with one attached hydrogen (secondary N) is 1. The minimum atomic E-state index is -0.509. The summed E-state index contributed by atoms with van der Waals surface area (Å²) in [6.45, 7) is 1.98. The lowest BCUT2D eigenvalue weighted by molar-refractivity contribution is -0.116. The van der Waals surface area contributed by atoms with Crippen molar-refractivity contribution >= 4 is 23.5 Å². The van der Waals surface area contributed by atoms with Gasteiger partial charge in [-0.15, -0.1) is 0 Å². The third-order valence-corrected chi connectivity index (χ3v) is 5.60. The van der Waals surface area contributed by atoms with E-state index >= 15 is 0 Å². The smallest absolute Gasteiger partial charge is 0.279 e. The standard InChI is InChI=1S/C19H23N3O5S/c1-6-28-19-21-18(24)16-11(8-15(23)20-17(16)22(19)2)10-7-13(26-4)14(27-5)9-12(10)25-3/h7,9,11H,6,8H2,1-5H3,(H,20,23)/t11-/m1/s1. The van der Waals surface area contributed by atoms with E-state index in [9.17, 15) is 9.59 Å². The Morgan fingerprint density at radius 1 is 1.14 bits per heavy atom. The van der Waals surface area contributed by atoms with Crippen molar-refractivity contribution in [2.75, 3.05) is 32.4 Å². The fraction of sp³-hybridized carbons (Fsp3) is 0.421. The average molecular weight is 405 g/mol. The molecule has 1 aromatic heterocycles. The molecule has 1 atom stereocenters. The number of amides is 1. The largest absolute Gasteiger partial charge is 0.496 e. The zero-order valence-electron chi connectivity index (χ0n) is 16.5. The Morgan fingerprint density at radius 3 is 2.39 bits per heavy atom. The first kappa shape index (κ1) is 20.1. The second-order valence-electron chi connectivity index (χ2n) is 6.21. The summed E-state index contributed by atoms with van der Waals surface area (Å²) in [7, 11) is 6.39. The number of rotatable bonds is 6. The molecule has 3 rings (SSSR count). The summed E-state index contributed by atoms with van der Waals surface area (Å²) in [5.41, 5.74) is 0.755. The van der Waals surface area contributed by atoms with E-state index in [0.29, 0.717) is 39.3 Å². The maximum atomic E-state index is 12.9. The molecule has 8 nitrogen and oxygen atoms in total. The highest BCUT2D eigenvalue weighted by Gasteiger charge is 2.34. The van der Waals surface area contributed by atoms with Crippen LogP contribution in [0.4, 0.5) is 5.82 Å². The van der Waals surface area contributed by atoms with E-state index in [-0.39, 0.29) is 17.9 Å². The SMILES string of the molecule is CCSc1nc(=O)c2c(n1C)NC(=O)C[C@@H]2c1cc(OC)c(OC)cc1OC. The molecule has 0 fully saturated rings. The van der Waals surface area contributed by atoms with Gasteiger partial charge in [0.1, 0.15) is 11.6 Å². The van der Waals surface area contributed by atoms with Crippen LogP contribution in [-0.4, -0.2) is 42.5 Å². The van der Waals surface area contributed by atoms with Crippen LogP contribution in [0.5, 0.6) is 17.2 Å². The highest BCUT2D eigenvalue weighted by atomic mass is 32.2. The van der Waals surface area contributed by atoms with E-state index in [1.54, 1.807) is 23.7 Å². The number of benzene rings is 1. The van der Waals surface area contributed by atoms with Gasteiger partial charge in [0.05, 0.1) is 26.9 Å². The number of hydrogen-bond acceptors (Lipinski definition) is 7. The lowest BCUT2D eigenvalue weighted by Crippen LogP contribution is -2.33. The van der Waals surface area contributed by atoms with Gasteiger partial charge < -0.3 is 24.1 Å². The van der Waals surface area contributed by atoms with Crippen LogP contribution >= 0.6 is 11.8 Å². The molecule has 9 heteroatoms. The Hall–Kier alpha value is -2.68. The topological polar surface area (TPSA) is 91.7 Å². The molecule has 2 heterocycles. The third kappa shape index (κ3) is 3.42. The highest BCUT2D eigenvalue weighted by molar-refractivity contribution is 7.99. The zero-order chi connectivity index (χ0) is 20.4. The monoisotopic (exact) mass is 405 g/mol. The first-order chi connectivity index (χ1) is 13.4. The number of methoxy groups -OCH3 is 3. The molecule has 1 aliphatic heterocycles. The minimum Gasteiger partial charge on any atom is -0.496 e. The van der Waals surface area contributed by atoms with Crippen molar-refractivity contribution in [3.05, 3.63) is 33.6 Å². The van der Waals surface area contributed by atoms with Crippen molar-refractivity contribution in [1.82, 2.24) is 9.55 Å². The molecule has 0 bridgehead atoms. The van der Waals surface area contributed by atoms with E-state index < -0.39 is 5.92 Å². The van der Waals surface area contributed by atoms with E-state index in [1.165, 1.54) is 33.1 Å². The lowest BCUT2D eigenvalue weighted by atomic mass is 9.86. The number of ether oxygens (including phenoxy) is 3. The van der Waals surface area contributed by atoms with Crippen LogP contribution in [-0.2, 0) is 11.8 Å². The molecule has 1 amide bonds. The summed E-state index contributed by atoms with van der Waals surface area (Å²) < 4.78 is 18.0. The molecule has 1 aliphatic rings. The minimum absolute atomic E-state index is 0.107. The quantitative estimate of drug-likeness (QED) is 0.583. The average Bonchev–Trinajstić information content (AvgIpc) is 2.70. The Kier molecular flexibility index (Phi) is 5.83. The Balaban J connectivity index is 2.25. The zero-order valence-corrected chi connectivity index (χ0v) is 17.3. The summed E-state index contributed by atoms with van der Waals surface area (Å²) in [6.07, 6.45) is 0.107. The molecule has 0 aliphatic carbocycles. The number of fused-ring (bicyclic) bond motifs is 1. The molecule has 0 saturated carbocycles. The molecule has 150 valence electrons. The Bertz CT molecular complexity index is 973. The van der Waals surface area contributed by atoms with Gasteiger partial charge in [0.2, 0.25) is 5.91 Å². The number of carbonyl (C=O) groups excluding carboxylic acids is 1. The number of aromatic nitrogens is 2. The Labute approximate surface area is 167 Å². The van der Waals surface area contributed by atoms with Crippen molar-refractivity contribution < 1.29 is 19.0 Å². The third-order valence-electron chi connectivity index (χ3n) is 4.69. The summed E-state index contributed by atoms with van der Waals surface area (Å²) in [6, 6.07) is 3.44. The van der Waals surface area contributed by atoms with Crippen LogP contribution in [0.3, 0.4) is 0 Å². The fourth-order valence-electron chi connectivity index (χ4n) is 3.38. The molecule has 0 unspecified atom stereocenters. The second-order valence-corrected chi connectivity index (χ2v) is 7.44. The summed E-state index contributed by atoms with van der Waals surface area (Å²) in [5.74, 6) is 2.05. The molecule has 0 radical (unpaired) electrons. The van der Waals surface area contributed by atoms with Crippen LogP contribution in [0, 0.1) is 0 Å². The first-order valence-electron chi connectivity index (χ1n) is 8.78. The van der Waals surface area contributed by atoms with E-state index in [4.69, 9.17) is 14.2 Å². The van der Waals surface area contributed by atoms with Crippen LogP contribution in [0.1, 0.15) is 30.4 Å². The van der Waals surface area contributed by atoms with Gasteiger partial charge in [-0.25, -0.2) is 0 Å². The predicted molar refractivity (Wildman–Crippen MR) is 107 cm³/mol. The number of anilines is 1. The van der Waals surface area contributed by atoms with Gasteiger partial charge in [-0.05, 0) is 11.8 Å². The van der Waals surface area contributed by atoms with Crippen molar-refractivity contribution in [2.24, 2.45) is 7.05 Å². The molecule has 1 aromatic carbocycles. The van der Waals surface area contributed by atoms with Gasteiger partial charge >= 0.3 is 0 Å². The predicted octanol–water partition coefficient (Wildman–Crippen LogP) is 2.39. The van der Waals surface area contributed by atoms with Gasteiger partial charge in [0, 0.05) is 31.0 Å². The molecule has 28 heavy (non-hydrogen) atoms. The Morgan fingerprint density at radius 2 is 1.79 bits per heavy atom. The molecular formula is C19H23N3O5S. The number of hydrogen-bond donors (Lipinski definition) is 1. The van der Waals surface area contributed by atoms with Gasteiger partial charge in [-0.2, -0.15) is 4.98 Å². The van der Waals surface area contributed by atoms with Crippen LogP contribution in [0.15, 0.2) is 22.1 Å². The van der Waals surface area contributed by atoms with E-state index in [2.05, 4.69) is 10.3 Å². The maximum absolute atomic E-state index is 12.9. The lowest BCUT2D eigenvalue weighted by Gasteiger charge is -2.28. The normalized spacial score (nSPS) is 15.6. The van der Waals surface area contributed by atoms with Crippen LogP contribution in [0.2, 0.25) is 0 Å². The van der Waals surface area contributed by atoms with Gasteiger partial charge in [0.25, 0.3) is 5.56 Å². The van der Waals surface area contributed by atoms with Crippen molar-refractivity contribution in [2.45, 2.75) is 24.4 Å². The van der Waals surface area contributed by atoms with Gasteiger partial charge in [-0.3, -0.25) is 9.59 Å². The number of nitrogens with zero attached hydrogens (tertiary/aromatic N) is 2. The van der Waals surface area contributed by atoms with Crippen molar-refractivity contribution in [3.8, 4) is 17.2 Å². The molecule has 0 spiro atoms. The van der Waals surface area contributed by atoms with Gasteiger partial charge in [-0.1, -0.05) is 18.7 Å². The first-order valence-corrected chi connectivity index (χ1v) is 9.77. The molecular weight excluding hydrogens is 382 g/mol. The summed E-state index contributed by atoms with van der Waals surface area (Å²) >= 11 is 1.45. The fourth-order valence-corrected chi connectivity index (χ4v) is 4.07. The van der Waals surface area contributed by atoms with Crippen molar-refractivity contribution in [3.63, 3.8) is 0 Å². The van der Waals surface area contributed by atoms with Gasteiger partial charge in [0.15, 0.2) is 16.7 Å². The molecule has 0 saturated heterocycles. The maximum Gasteiger partial charge on any atom is 0.279 e. The molecule has 2 aromatic rings. The highest BCUT2D eigenvalue weighted by Crippen LogP contribution is 2.44. The second kappa shape index (κ2) is 8.14. The van der Waals surface area contributed by atoms with Crippen LogP contribution in [0.25, 0.3) is 0 Å². The van der Waals surface area contributed by atoms with E-state index in [1.807, 2.05) is 6.92 Å². The number of carbonyl (C=O) groups is 1.